The van der Waals surface area contributed by atoms with Crippen molar-refractivity contribution in [2.75, 3.05) is 13.1 Å². The maximum Gasteiger partial charge on any atom is 0.254 e. The summed E-state index contributed by atoms with van der Waals surface area (Å²) in [4.78, 5) is 27.4. The normalized spacial score (nSPS) is 23.5. The van der Waals surface area contributed by atoms with Crippen molar-refractivity contribution in [2.45, 2.75) is 31.2 Å². The van der Waals surface area contributed by atoms with Crippen LogP contribution in [0.3, 0.4) is 0 Å². The highest BCUT2D eigenvalue weighted by Crippen LogP contribution is 2.36. The van der Waals surface area contributed by atoms with E-state index in [1.54, 1.807) is 15.8 Å². The molecule has 2 aliphatic rings. The zero-order chi connectivity index (χ0) is 16.6. The molecule has 4 rings (SSSR count). The minimum Gasteiger partial charge on any atom is -0.354 e. The molecule has 2 aromatic rings. The van der Waals surface area contributed by atoms with Gasteiger partial charge in [0.05, 0.1) is 5.69 Å². The Hall–Kier alpha value is -2.63. The quantitative estimate of drug-likeness (QED) is 0.915. The molecule has 1 N–H and O–H groups in total. The zero-order valence-corrected chi connectivity index (χ0v) is 13.4. The fraction of sp³-hybridized carbons (Fsp3) is 0.389. The smallest absolute Gasteiger partial charge is 0.254 e. The van der Waals surface area contributed by atoms with Gasteiger partial charge in [0, 0.05) is 31.0 Å². The minimum atomic E-state index is -0.656. The van der Waals surface area contributed by atoms with Crippen LogP contribution in [0.1, 0.15) is 36.0 Å². The number of rotatable bonds is 2. The first-order valence-electron chi connectivity index (χ1n) is 8.41. The molecule has 2 fully saturated rings. The van der Waals surface area contributed by atoms with Gasteiger partial charge in [0.1, 0.15) is 5.54 Å². The van der Waals surface area contributed by atoms with E-state index in [2.05, 4.69) is 10.4 Å². The van der Waals surface area contributed by atoms with Crippen LogP contribution in [-0.4, -0.2) is 45.1 Å². The van der Waals surface area contributed by atoms with Crippen LogP contribution in [0.2, 0.25) is 0 Å². The molecule has 2 aliphatic heterocycles. The van der Waals surface area contributed by atoms with Crippen LogP contribution in [-0.2, 0) is 4.79 Å². The van der Waals surface area contributed by atoms with Crippen molar-refractivity contribution in [2.24, 2.45) is 0 Å². The molecule has 24 heavy (non-hydrogen) atoms. The molecule has 3 heterocycles. The summed E-state index contributed by atoms with van der Waals surface area (Å²) in [5.41, 5.74) is 0.784. The average Bonchev–Trinajstić information content (AvgIpc) is 3.28. The predicted octanol–water partition coefficient (Wildman–Crippen LogP) is 1.76. The van der Waals surface area contributed by atoms with Crippen molar-refractivity contribution in [3.8, 4) is 5.69 Å². The molecule has 1 aromatic carbocycles. The van der Waals surface area contributed by atoms with E-state index in [-0.39, 0.29) is 11.8 Å². The fourth-order valence-corrected chi connectivity index (χ4v) is 3.89. The number of carbonyl (C=O) groups excluding carboxylic acids is 2. The van der Waals surface area contributed by atoms with E-state index in [0.29, 0.717) is 18.7 Å². The number of hydrogen-bond acceptors (Lipinski definition) is 3. The second-order valence-corrected chi connectivity index (χ2v) is 6.45. The number of nitrogens with zero attached hydrogens (tertiary/aromatic N) is 3. The van der Waals surface area contributed by atoms with Crippen LogP contribution in [0.5, 0.6) is 0 Å². The van der Waals surface area contributed by atoms with Crippen LogP contribution in [0.15, 0.2) is 42.7 Å². The first-order chi connectivity index (χ1) is 11.7. The molecule has 6 nitrogen and oxygen atoms in total. The summed E-state index contributed by atoms with van der Waals surface area (Å²) < 4.78 is 1.73. The van der Waals surface area contributed by atoms with Crippen molar-refractivity contribution < 1.29 is 9.59 Å². The Balaban J connectivity index is 1.66. The highest BCUT2D eigenvalue weighted by Gasteiger charge is 2.50. The summed E-state index contributed by atoms with van der Waals surface area (Å²) >= 11 is 0. The van der Waals surface area contributed by atoms with Gasteiger partial charge < -0.3 is 10.2 Å². The summed E-state index contributed by atoms with van der Waals surface area (Å²) in [5, 5.41) is 7.15. The Morgan fingerprint density at radius 3 is 2.88 bits per heavy atom. The van der Waals surface area contributed by atoms with Gasteiger partial charge in [-0.05, 0) is 49.9 Å². The highest BCUT2D eigenvalue weighted by atomic mass is 16.2. The van der Waals surface area contributed by atoms with Crippen LogP contribution in [0.25, 0.3) is 5.69 Å². The molecule has 1 aromatic heterocycles. The summed E-state index contributed by atoms with van der Waals surface area (Å²) in [5.74, 6) is -0.0682. The van der Waals surface area contributed by atoms with Gasteiger partial charge in [0.2, 0.25) is 5.91 Å². The molecule has 6 heteroatoms. The Labute approximate surface area is 140 Å². The second kappa shape index (κ2) is 5.78. The van der Waals surface area contributed by atoms with Crippen molar-refractivity contribution in [3.05, 3.63) is 48.3 Å². The standard InChI is InChI=1S/C18H20N4O2/c23-16(14-5-1-6-15(13-14)22-12-4-10-20-22)21-11-3-8-18(21)7-2-9-19-17(18)24/h1,4-6,10,12-13H,2-3,7-9,11H2,(H,19,24). The Morgan fingerprint density at radius 2 is 2.08 bits per heavy atom. The topological polar surface area (TPSA) is 67.2 Å². The van der Waals surface area contributed by atoms with E-state index >= 15 is 0 Å². The third-order valence-electron chi connectivity index (χ3n) is 5.07. The van der Waals surface area contributed by atoms with Crippen LogP contribution in [0, 0.1) is 0 Å². The lowest BCUT2D eigenvalue weighted by atomic mass is 9.86. The summed E-state index contributed by atoms with van der Waals surface area (Å²) in [6, 6.07) is 9.26. The molecule has 124 valence electrons. The number of hydrogen-bond donors (Lipinski definition) is 1. The third kappa shape index (κ3) is 2.29. The number of likely N-dealkylation sites (tertiary alicyclic amines) is 1. The van der Waals surface area contributed by atoms with Gasteiger partial charge in [0.25, 0.3) is 5.91 Å². The van der Waals surface area contributed by atoms with E-state index in [0.717, 1.165) is 31.4 Å². The van der Waals surface area contributed by atoms with Crippen LogP contribution >= 0.6 is 0 Å². The van der Waals surface area contributed by atoms with Gasteiger partial charge in [-0.25, -0.2) is 4.68 Å². The number of carbonyl (C=O) groups is 2. The third-order valence-corrected chi connectivity index (χ3v) is 5.07. The molecule has 1 unspecified atom stereocenters. The maximum absolute atomic E-state index is 13.1. The molecular formula is C18H20N4O2. The van der Waals surface area contributed by atoms with Crippen molar-refractivity contribution in [3.63, 3.8) is 0 Å². The highest BCUT2D eigenvalue weighted by molar-refractivity contribution is 6.00. The summed E-state index contributed by atoms with van der Waals surface area (Å²) in [6.07, 6.45) is 6.85. The predicted molar refractivity (Wildman–Crippen MR) is 88.8 cm³/mol. The van der Waals surface area contributed by atoms with Crippen molar-refractivity contribution in [1.29, 1.82) is 0 Å². The molecule has 0 bridgehead atoms. The zero-order valence-electron chi connectivity index (χ0n) is 13.4. The van der Waals surface area contributed by atoms with E-state index in [1.165, 1.54) is 0 Å². The molecular weight excluding hydrogens is 304 g/mol. The number of amides is 2. The lowest BCUT2D eigenvalue weighted by Crippen LogP contribution is -2.60. The number of benzene rings is 1. The summed E-state index contributed by atoms with van der Waals surface area (Å²) in [6.45, 7) is 1.34. The minimum absolute atomic E-state index is 0.00262. The lowest BCUT2D eigenvalue weighted by molar-refractivity contribution is -0.133. The van der Waals surface area contributed by atoms with E-state index in [9.17, 15) is 9.59 Å². The van der Waals surface area contributed by atoms with Gasteiger partial charge in [-0.3, -0.25) is 9.59 Å². The van der Waals surface area contributed by atoms with E-state index in [4.69, 9.17) is 0 Å². The Bertz CT molecular complexity index is 771. The Morgan fingerprint density at radius 1 is 1.21 bits per heavy atom. The van der Waals surface area contributed by atoms with E-state index in [1.807, 2.05) is 36.5 Å². The van der Waals surface area contributed by atoms with Gasteiger partial charge in [-0.15, -0.1) is 0 Å². The molecule has 1 atom stereocenters. The van der Waals surface area contributed by atoms with Gasteiger partial charge in [-0.2, -0.15) is 5.10 Å². The van der Waals surface area contributed by atoms with Gasteiger partial charge >= 0.3 is 0 Å². The monoisotopic (exact) mass is 324 g/mol. The number of nitrogens with one attached hydrogen (secondary N) is 1. The average molecular weight is 324 g/mol. The number of piperidine rings is 1. The maximum atomic E-state index is 13.1. The first-order valence-corrected chi connectivity index (χ1v) is 8.41. The lowest BCUT2D eigenvalue weighted by Gasteiger charge is -2.40. The van der Waals surface area contributed by atoms with Gasteiger partial charge in [0.15, 0.2) is 0 Å². The Kier molecular flexibility index (Phi) is 3.59. The van der Waals surface area contributed by atoms with Crippen LogP contribution < -0.4 is 5.32 Å². The van der Waals surface area contributed by atoms with Crippen molar-refractivity contribution in [1.82, 2.24) is 20.0 Å². The SMILES string of the molecule is O=C(c1cccc(-n2cccn2)c1)N1CCCC12CCCNC2=O. The second-order valence-electron chi connectivity index (χ2n) is 6.45. The van der Waals surface area contributed by atoms with E-state index < -0.39 is 5.54 Å². The molecule has 0 saturated carbocycles. The summed E-state index contributed by atoms with van der Waals surface area (Å²) in [7, 11) is 0. The largest absolute Gasteiger partial charge is 0.354 e. The molecule has 0 aliphatic carbocycles. The van der Waals surface area contributed by atoms with Gasteiger partial charge in [-0.1, -0.05) is 6.07 Å². The number of aromatic nitrogens is 2. The molecule has 0 radical (unpaired) electrons. The molecule has 2 saturated heterocycles. The fourth-order valence-electron chi connectivity index (χ4n) is 3.89. The van der Waals surface area contributed by atoms with Crippen LogP contribution in [0.4, 0.5) is 0 Å². The molecule has 2 amide bonds. The first kappa shape index (κ1) is 14.9. The van der Waals surface area contributed by atoms with Crippen molar-refractivity contribution >= 4 is 11.8 Å². The molecule has 1 spiro atoms.